The smallest absolute Gasteiger partial charge is 0.283 e. The summed E-state index contributed by atoms with van der Waals surface area (Å²) in [5.41, 5.74) is 0.224. The van der Waals surface area contributed by atoms with E-state index >= 15 is 0 Å². The number of aryl methyl sites for hydroxylation is 1. The molecule has 0 aromatic heterocycles. The molecule has 0 unspecified atom stereocenters. The maximum Gasteiger partial charge on any atom is 0.283 e. The number of nitrogens with one attached hydrogen (secondary N) is 1. The van der Waals surface area contributed by atoms with Crippen LogP contribution in [-0.2, 0) is 10.0 Å². The number of alkyl halides is 2. The highest BCUT2D eigenvalue weighted by Gasteiger charge is 2.31. The van der Waals surface area contributed by atoms with Gasteiger partial charge in [-0.25, -0.2) is 21.9 Å². The van der Waals surface area contributed by atoms with E-state index in [1.54, 1.807) is 4.72 Å². The van der Waals surface area contributed by atoms with Gasteiger partial charge in [-0.15, -0.1) is 0 Å². The van der Waals surface area contributed by atoms with Crippen molar-refractivity contribution in [3.05, 3.63) is 33.4 Å². The Balaban J connectivity index is 3.18. The number of sulfonamides is 1. The Morgan fingerprint density at radius 2 is 1.95 bits per heavy atom. The largest absolute Gasteiger partial charge is 0.390 e. The fourth-order valence-corrected chi connectivity index (χ4v) is 2.66. The number of nitrogens with zero attached hydrogens (tertiary/aromatic N) is 1. The Hall–Kier alpha value is -1.65. The number of benzene rings is 1. The van der Waals surface area contributed by atoms with Gasteiger partial charge < -0.3 is 5.11 Å². The predicted molar refractivity (Wildman–Crippen MR) is 69.8 cm³/mol. The van der Waals surface area contributed by atoms with Gasteiger partial charge in [0.25, 0.3) is 11.6 Å². The Kier molecular flexibility index (Phi) is 4.97. The molecule has 0 aliphatic heterocycles. The van der Waals surface area contributed by atoms with E-state index in [4.69, 9.17) is 5.11 Å². The van der Waals surface area contributed by atoms with Crippen LogP contribution >= 0.6 is 0 Å². The van der Waals surface area contributed by atoms with E-state index in [0.717, 1.165) is 12.1 Å². The lowest BCUT2D eigenvalue weighted by Crippen LogP contribution is -2.39. The van der Waals surface area contributed by atoms with Crippen LogP contribution in [0.15, 0.2) is 17.0 Å². The second kappa shape index (κ2) is 6.00. The van der Waals surface area contributed by atoms with Gasteiger partial charge in [0.05, 0.1) is 16.4 Å². The predicted octanol–water partition coefficient (Wildman–Crippen LogP) is 1.12. The minimum absolute atomic E-state index is 0.291. The first kappa shape index (κ1) is 17.4. The number of nitro benzene ring substituents is 1. The third-order valence-corrected chi connectivity index (χ3v) is 4.25. The van der Waals surface area contributed by atoms with E-state index in [0.29, 0.717) is 11.1 Å². The first-order chi connectivity index (χ1) is 9.50. The Morgan fingerprint density at radius 3 is 2.43 bits per heavy atom. The molecule has 0 radical (unpaired) electrons. The molecule has 0 saturated heterocycles. The van der Waals surface area contributed by atoms with Crippen LogP contribution in [0.2, 0.25) is 0 Å². The van der Waals surface area contributed by atoms with E-state index in [9.17, 15) is 27.3 Å². The summed E-state index contributed by atoms with van der Waals surface area (Å²) in [6, 6.07) is 1.96. The molecule has 2 N–H and O–H groups in total. The summed E-state index contributed by atoms with van der Waals surface area (Å²) in [5, 5.41) is 19.2. The number of hydrogen-bond acceptors (Lipinski definition) is 5. The fraction of sp³-hybridized carbons (Fsp3) is 0.455. The molecule has 0 spiro atoms. The highest BCUT2D eigenvalue weighted by molar-refractivity contribution is 7.89. The molecule has 1 rings (SSSR count). The summed E-state index contributed by atoms with van der Waals surface area (Å²) in [4.78, 5) is 9.63. The van der Waals surface area contributed by atoms with E-state index in [-0.39, 0.29) is 0 Å². The maximum absolute atomic E-state index is 12.9. The molecule has 10 heteroatoms. The summed E-state index contributed by atoms with van der Waals surface area (Å²) in [6.07, 6.45) is 0. The van der Waals surface area contributed by atoms with E-state index in [1.165, 1.54) is 13.8 Å². The lowest BCUT2D eigenvalue weighted by Gasteiger charge is -2.14. The minimum Gasteiger partial charge on any atom is -0.390 e. The summed E-state index contributed by atoms with van der Waals surface area (Å²) < 4.78 is 51.1. The van der Waals surface area contributed by atoms with E-state index in [2.05, 4.69) is 0 Å². The van der Waals surface area contributed by atoms with Gasteiger partial charge in [0, 0.05) is 11.6 Å². The van der Waals surface area contributed by atoms with Crippen molar-refractivity contribution >= 4 is 15.7 Å². The number of nitro groups is 1. The highest BCUT2D eigenvalue weighted by atomic mass is 32.2. The molecule has 1 aromatic carbocycles. The first-order valence-electron chi connectivity index (χ1n) is 5.74. The van der Waals surface area contributed by atoms with Crippen molar-refractivity contribution < 1.29 is 27.2 Å². The fourth-order valence-electron chi connectivity index (χ4n) is 1.49. The lowest BCUT2D eigenvalue weighted by atomic mass is 10.1. The minimum atomic E-state index is -4.34. The van der Waals surface area contributed by atoms with Crippen LogP contribution in [0, 0.1) is 24.0 Å². The molecule has 0 aliphatic rings. The van der Waals surface area contributed by atoms with Gasteiger partial charge in [0.1, 0.15) is 6.61 Å². The Morgan fingerprint density at radius 1 is 1.38 bits per heavy atom. The quantitative estimate of drug-likeness (QED) is 0.602. The average molecular weight is 324 g/mol. The molecule has 0 fully saturated rings. The van der Waals surface area contributed by atoms with Crippen molar-refractivity contribution in [2.45, 2.75) is 24.7 Å². The SMILES string of the molecule is Cc1cc(S(=O)(=O)NCC(F)(F)CO)cc([N+](=O)[O-])c1C. The molecule has 7 nitrogen and oxygen atoms in total. The zero-order valence-corrected chi connectivity index (χ0v) is 12.1. The number of hydrogen-bond donors (Lipinski definition) is 2. The third-order valence-electron chi connectivity index (χ3n) is 2.87. The van der Waals surface area contributed by atoms with Gasteiger partial charge in [-0.1, -0.05) is 0 Å². The summed E-state index contributed by atoms with van der Waals surface area (Å²) in [5.74, 6) is -3.61. The molecular weight excluding hydrogens is 310 g/mol. The third kappa shape index (κ3) is 4.16. The zero-order chi connectivity index (χ0) is 16.4. The van der Waals surface area contributed by atoms with E-state index < -0.39 is 44.6 Å². The Labute approximate surface area is 119 Å². The van der Waals surface area contributed by atoms with Crippen molar-refractivity contribution in [3.63, 3.8) is 0 Å². The molecular formula is C11H14F2N2O5S. The van der Waals surface area contributed by atoms with Crippen LogP contribution in [-0.4, -0.2) is 37.5 Å². The van der Waals surface area contributed by atoms with Gasteiger partial charge in [0.2, 0.25) is 10.0 Å². The molecule has 0 heterocycles. The van der Waals surface area contributed by atoms with Crippen LogP contribution < -0.4 is 4.72 Å². The first-order valence-corrected chi connectivity index (χ1v) is 7.22. The summed E-state index contributed by atoms with van der Waals surface area (Å²) in [6.45, 7) is 0.121. The number of halogens is 2. The van der Waals surface area contributed by atoms with E-state index in [1.807, 2.05) is 0 Å². The molecule has 118 valence electrons. The van der Waals surface area contributed by atoms with Crippen molar-refractivity contribution in [3.8, 4) is 0 Å². The molecule has 21 heavy (non-hydrogen) atoms. The monoisotopic (exact) mass is 324 g/mol. The topological polar surface area (TPSA) is 110 Å². The van der Waals surface area contributed by atoms with Crippen LogP contribution in [0.3, 0.4) is 0 Å². The van der Waals surface area contributed by atoms with Gasteiger partial charge >= 0.3 is 0 Å². The second-order valence-electron chi connectivity index (χ2n) is 4.48. The summed E-state index contributed by atoms with van der Waals surface area (Å²) >= 11 is 0. The molecule has 0 atom stereocenters. The van der Waals surface area contributed by atoms with Crippen LogP contribution in [0.4, 0.5) is 14.5 Å². The lowest BCUT2D eigenvalue weighted by molar-refractivity contribution is -0.385. The summed E-state index contributed by atoms with van der Waals surface area (Å²) in [7, 11) is -4.34. The van der Waals surface area contributed by atoms with Crippen LogP contribution in [0.5, 0.6) is 0 Å². The van der Waals surface area contributed by atoms with Crippen molar-refractivity contribution in [2.24, 2.45) is 0 Å². The van der Waals surface area contributed by atoms with Gasteiger partial charge in [-0.05, 0) is 25.5 Å². The maximum atomic E-state index is 12.9. The van der Waals surface area contributed by atoms with Crippen molar-refractivity contribution in [1.82, 2.24) is 4.72 Å². The highest BCUT2D eigenvalue weighted by Crippen LogP contribution is 2.26. The molecule has 0 bridgehead atoms. The zero-order valence-electron chi connectivity index (χ0n) is 11.3. The molecule has 0 aliphatic carbocycles. The van der Waals surface area contributed by atoms with Gasteiger partial charge in [-0.2, -0.15) is 0 Å². The standard InChI is InChI=1S/C11H14F2N2O5S/c1-7-3-9(4-10(8(7)2)15(17)18)21(19,20)14-5-11(12,13)6-16/h3-4,14,16H,5-6H2,1-2H3. The number of rotatable bonds is 6. The Bertz CT molecular complexity index is 661. The average Bonchev–Trinajstić information content (AvgIpc) is 2.39. The second-order valence-corrected chi connectivity index (χ2v) is 6.25. The van der Waals surface area contributed by atoms with Crippen molar-refractivity contribution in [2.75, 3.05) is 13.2 Å². The van der Waals surface area contributed by atoms with Crippen LogP contribution in [0.25, 0.3) is 0 Å². The molecule has 0 amide bonds. The van der Waals surface area contributed by atoms with Gasteiger partial charge in [-0.3, -0.25) is 10.1 Å². The number of aliphatic hydroxyl groups excluding tert-OH is 1. The van der Waals surface area contributed by atoms with Gasteiger partial charge in [0.15, 0.2) is 0 Å². The number of aliphatic hydroxyl groups is 1. The van der Waals surface area contributed by atoms with Crippen LogP contribution in [0.1, 0.15) is 11.1 Å². The normalized spacial score (nSPS) is 12.4. The van der Waals surface area contributed by atoms with Crippen molar-refractivity contribution in [1.29, 1.82) is 0 Å². The molecule has 0 saturated carbocycles. The molecule has 1 aromatic rings.